The first kappa shape index (κ1) is 26.7. The first-order valence-electron chi connectivity index (χ1n) is 11.9. The quantitative estimate of drug-likeness (QED) is 0.346. The minimum atomic E-state index is -1.97. The van der Waals surface area contributed by atoms with Gasteiger partial charge in [-0.1, -0.05) is 6.92 Å². The molecule has 1 aliphatic heterocycles. The van der Waals surface area contributed by atoms with Crippen LogP contribution < -0.4 is 0 Å². The first-order valence-corrected chi connectivity index (χ1v) is 15.3. The van der Waals surface area contributed by atoms with E-state index in [1.807, 2.05) is 27.7 Å². The van der Waals surface area contributed by atoms with Crippen LogP contribution in [0.4, 0.5) is 4.79 Å². The number of ketones is 2. The van der Waals surface area contributed by atoms with Crippen LogP contribution in [0.15, 0.2) is 0 Å². The number of carbonyl (C=O) groups is 4. The fourth-order valence-corrected chi connectivity index (χ4v) is 6.38. The zero-order chi connectivity index (χ0) is 24.3. The monoisotopic (exact) mass is 467 g/mol. The molecule has 0 aromatic heterocycles. The highest BCUT2D eigenvalue weighted by atomic mass is 28.4. The van der Waals surface area contributed by atoms with E-state index in [0.29, 0.717) is 32.4 Å². The summed E-state index contributed by atoms with van der Waals surface area (Å²) < 4.78 is 12.0. The standard InChI is InChI=1S/C24H41NO6Si/c1-17-16-20(28)24(18(11-15-26)21(17)31-32(5,6)7)12-9-14-25(13-8-10-19(24)27)22(29)30-23(2,3)4/h15,17-18,21H,8-14,16H2,1-7H3/t17-,18+,21-,24-/m0/s1. The van der Waals surface area contributed by atoms with E-state index in [0.717, 1.165) is 6.29 Å². The smallest absolute Gasteiger partial charge is 0.410 e. The Morgan fingerprint density at radius 1 is 1.16 bits per heavy atom. The molecule has 8 heteroatoms. The highest BCUT2D eigenvalue weighted by molar-refractivity contribution is 6.69. The summed E-state index contributed by atoms with van der Waals surface area (Å²) in [5.74, 6) is -0.661. The summed E-state index contributed by atoms with van der Waals surface area (Å²) in [5.41, 5.74) is -1.81. The Kier molecular flexibility index (Phi) is 8.48. The number of ether oxygens (including phenoxy) is 1. The van der Waals surface area contributed by atoms with Gasteiger partial charge in [0.05, 0.1) is 11.5 Å². The van der Waals surface area contributed by atoms with Gasteiger partial charge in [0.1, 0.15) is 23.5 Å². The highest BCUT2D eigenvalue weighted by Crippen LogP contribution is 2.49. The van der Waals surface area contributed by atoms with Crippen molar-refractivity contribution in [3.05, 3.63) is 0 Å². The Hall–Kier alpha value is -1.54. The predicted molar refractivity (Wildman–Crippen MR) is 125 cm³/mol. The van der Waals surface area contributed by atoms with E-state index in [-0.39, 0.29) is 42.9 Å². The highest BCUT2D eigenvalue weighted by Gasteiger charge is 2.57. The van der Waals surface area contributed by atoms with Crippen molar-refractivity contribution in [3.8, 4) is 0 Å². The van der Waals surface area contributed by atoms with Gasteiger partial charge in [-0.3, -0.25) is 9.59 Å². The van der Waals surface area contributed by atoms with Crippen molar-refractivity contribution in [2.24, 2.45) is 17.3 Å². The third-order valence-corrected chi connectivity index (χ3v) is 7.39. The molecule has 2 aliphatic rings. The van der Waals surface area contributed by atoms with Crippen LogP contribution in [0.5, 0.6) is 0 Å². The molecule has 1 aliphatic carbocycles. The first-order chi connectivity index (χ1) is 14.7. The van der Waals surface area contributed by atoms with E-state index in [1.54, 1.807) is 4.90 Å². The van der Waals surface area contributed by atoms with Crippen molar-refractivity contribution >= 4 is 32.3 Å². The molecule has 1 heterocycles. The average Bonchev–Trinajstić information content (AvgIpc) is 2.71. The second-order valence-corrected chi connectivity index (χ2v) is 15.8. The Balaban J connectivity index is 2.36. The normalized spacial score (nSPS) is 30.5. The second-order valence-electron chi connectivity index (χ2n) is 11.4. The summed E-state index contributed by atoms with van der Waals surface area (Å²) in [5, 5.41) is 0. The molecule has 1 saturated heterocycles. The molecule has 0 aromatic rings. The van der Waals surface area contributed by atoms with Crippen molar-refractivity contribution < 1.29 is 28.3 Å². The molecule has 1 amide bonds. The van der Waals surface area contributed by atoms with Crippen LogP contribution in [0.2, 0.25) is 19.6 Å². The molecule has 182 valence electrons. The number of nitrogens with zero attached hydrogens (tertiary/aromatic N) is 1. The van der Waals surface area contributed by atoms with Gasteiger partial charge in [-0.15, -0.1) is 0 Å². The topological polar surface area (TPSA) is 90.0 Å². The van der Waals surface area contributed by atoms with Crippen molar-refractivity contribution in [1.82, 2.24) is 4.90 Å². The number of amides is 1. The van der Waals surface area contributed by atoms with Gasteiger partial charge in [-0.25, -0.2) is 4.79 Å². The summed E-state index contributed by atoms with van der Waals surface area (Å²) in [6.45, 7) is 14.5. The fraction of sp³-hybridized carbons (Fsp3) is 0.833. The van der Waals surface area contributed by atoms with Crippen LogP contribution in [0.3, 0.4) is 0 Å². The van der Waals surface area contributed by atoms with Crippen LogP contribution in [-0.2, 0) is 23.5 Å². The number of hydrogen-bond donors (Lipinski definition) is 0. The van der Waals surface area contributed by atoms with Crippen LogP contribution in [0.1, 0.15) is 66.2 Å². The van der Waals surface area contributed by atoms with Crippen molar-refractivity contribution in [2.45, 2.75) is 97.6 Å². The summed E-state index contributed by atoms with van der Waals surface area (Å²) in [6.07, 6.45) is 2.06. The van der Waals surface area contributed by atoms with Crippen LogP contribution in [0, 0.1) is 17.3 Å². The van der Waals surface area contributed by atoms with Crippen molar-refractivity contribution in [1.29, 1.82) is 0 Å². The maximum absolute atomic E-state index is 13.6. The van der Waals surface area contributed by atoms with E-state index >= 15 is 0 Å². The summed E-state index contributed by atoms with van der Waals surface area (Å²) >= 11 is 0. The van der Waals surface area contributed by atoms with Crippen LogP contribution in [-0.4, -0.2) is 62.0 Å². The van der Waals surface area contributed by atoms with E-state index < -0.39 is 31.3 Å². The van der Waals surface area contributed by atoms with Crippen molar-refractivity contribution in [3.63, 3.8) is 0 Å². The fourth-order valence-electron chi connectivity index (χ4n) is 5.17. The number of carbonyl (C=O) groups excluding carboxylic acids is 4. The summed E-state index contributed by atoms with van der Waals surface area (Å²) in [6, 6.07) is 0. The lowest BCUT2D eigenvalue weighted by molar-refractivity contribution is -0.158. The lowest BCUT2D eigenvalue weighted by Crippen LogP contribution is -2.58. The van der Waals surface area contributed by atoms with Gasteiger partial charge in [0.25, 0.3) is 0 Å². The Morgan fingerprint density at radius 2 is 1.78 bits per heavy atom. The zero-order valence-electron chi connectivity index (χ0n) is 20.9. The number of Topliss-reactive ketones (excluding diaryl/α,β-unsaturated/α-hetero) is 2. The minimum absolute atomic E-state index is 0.0384. The molecule has 1 saturated carbocycles. The second kappa shape index (κ2) is 10.2. The van der Waals surface area contributed by atoms with Gasteiger partial charge in [0.15, 0.2) is 8.32 Å². The number of aldehydes is 1. The molecule has 0 aromatic carbocycles. The van der Waals surface area contributed by atoms with Gasteiger partial charge in [0.2, 0.25) is 0 Å². The Labute approximate surface area is 193 Å². The third kappa shape index (κ3) is 6.28. The molecule has 0 bridgehead atoms. The van der Waals surface area contributed by atoms with Gasteiger partial charge in [0, 0.05) is 38.3 Å². The van der Waals surface area contributed by atoms with E-state index in [4.69, 9.17) is 9.16 Å². The Bertz CT molecular complexity index is 725. The van der Waals surface area contributed by atoms with Gasteiger partial charge in [-0.2, -0.15) is 0 Å². The molecular weight excluding hydrogens is 426 g/mol. The lowest BCUT2D eigenvalue weighted by atomic mass is 9.56. The van der Waals surface area contributed by atoms with Crippen LogP contribution in [0.25, 0.3) is 0 Å². The maximum atomic E-state index is 13.6. The molecule has 32 heavy (non-hydrogen) atoms. The maximum Gasteiger partial charge on any atom is 0.410 e. The van der Waals surface area contributed by atoms with E-state index in [9.17, 15) is 19.2 Å². The number of rotatable bonds is 4. The summed E-state index contributed by atoms with van der Waals surface area (Å²) in [7, 11) is -1.97. The van der Waals surface area contributed by atoms with Gasteiger partial charge < -0.3 is 18.9 Å². The van der Waals surface area contributed by atoms with E-state index in [1.165, 1.54) is 0 Å². The molecule has 0 radical (unpaired) electrons. The largest absolute Gasteiger partial charge is 0.444 e. The SMILES string of the molecule is C[C@H]1CC(=O)[C@@]2(CCCN(C(=O)OC(C)(C)C)CCCC2=O)[C@H](CC=O)[C@H]1O[Si](C)(C)C. The molecule has 4 atom stereocenters. The van der Waals surface area contributed by atoms with Gasteiger partial charge in [-0.05, 0) is 65.6 Å². The molecule has 1 spiro atoms. The molecule has 0 unspecified atom stereocenters. The molecule has 7 nitrogen and oxygen atoms in total. The zero-order valence-corrected chi connectivity index (χ0v) is 21.9. The Morgan fingerprint density at radius 3 is 2.34 bits per heavy atom. The molecule has 0 N–H and O–H groups in total. The number of hydrogen-bond acceptors (Lipinski definition) is 6. The minimum Gasteiger partial charge on any atom is -0.444 e. The average molecular weight is 468 g/mol. The van der Waals surface area contributed by atoms with Crippen molar-refractivity contribution in [2.75, 3.05) is 13.1 Å². The molecule has 2 fully saturated rings. The van der Waals surface area contributed by atoms with Crippen LogP contribution >= 0.6 is 0 Å². The van der Waals surface area contributed by atoms with Gasteiger partial charge >= 0.3 is 6.09 Å². The lowest BCUT2D eigenvalue weighted by Gasteiger charge is -2.49. The predicted octanol–water partition coefficient (Wildman–Crippen LogP) is 4.39. The molecular formula is C24H41NO6Si. The third-order valence-electron chi connectivity index (χ3n) is 6.42. The summed E-state index contributed by atoms with van der Waals surface area (Å²) in [4.78, 5) is 53.0. The molecule has 2 rings (SSSR count). The van der Waals surface area contributed by atoms with E-state index in [2.05, 4.69) is 19.6 Å².